The van der Waals surface area contributed by atoms with Crippen LogP contribution in [0.15, 0.2) is 12.3 Å². The third-order valence-electron chi connectivity index (χ3n) is 3.17. The van der Waals surface area contributed by atoms with Crippen molar-refractivity contribution in [3.8, 4) is 5.75 Å². The van der Waals surface area contributed by atoms with Crippen molar-refractivity contribution in [1.82, 2.24) is 9.88 Å². The minimum absolute atomic E-state index is 0.844. The maximum absolute atomic E-state index is 5.35. The fourth-order valence-electron chi connectivity index (χ4n) is 1.99. The van der Waals surface area contributed by atoms with E-state index in [4.69, 9.17) is 4.74 Å². The van der Waals surface area contributed by atoms with Crippen LogP contribution in [0.3, 0.4) is 0 Å². The van der Waals surface area contributed by atoms with Crippen LogP contribution in [0.1, 0.15) is 0 Å². The Bertz CT molecular complexity index is 375. The molecule has 1 aliphatic rings. The van der Waals surface area contributed by atoms with Crippen molar-refractivity contribution >= 4 is 11.5 Å². The molecule has 1 aliphatic heterocycles. The topological polar surface area (TPSA) is 40.6 Å². The third kappa shape index (κ3) is 2.61. The monoisotopic (exact) mass is 236 g/mol. The summed E-state index contributed by atoms with van der Waals surface area (Å²) in [6.07, 6.45) is 1.83. The van der Waals surface area contributed by atoms with Gasteiger partial charge in [0, 0.05) is 39.3 Å². The molecule has 0 amide bonds. The van der Waals surface area contributed by atoms with Crippen molar-refractivity contribution in [2.75, 3.05) is 57.6 Å². The van der Waals surface area contributed by atoms with Crippen LogP contribution in [-0.4, -0.2) is 57.3 Å². The van der Waals surface area contributed by atoms with E-state index in [1.807, 2.05) is 19.3 Å². The van der Waals surface area contributed by atoms with Crippen LogP contribution in [0.2, 0.25) is 0 Å². The number of methoxy groups -OCH3 is 1. The van der Waals surface area contributed by atoms with Crippen LogP contribution >= 0.6 is 0 Å². The standard InChI is InChI=1S/C12H20N4O/c1-13-10-9-14-12(8-11(10)17-3)16-6-4-15(2)5-7-16/h8-9,13H,4-7H2,1-3H3. The average molecular weight is 236 g/mol. The quantitative estimate of drug-likeness (QED) is 0.844. The molecule has 0 atom stereocenters. The minimum atomic E-state index is 0.844. The van der Waals surface area contributed by atoms with Crippen LogP contribution in [0, 0.1) is 0 Å². The molecule has 1 aromatic rings. The largest absolute Gasteiger partial charge is 0.494 e. The van der Waals surface area contributed by atoms with E-state index in [2.05, 4.69) is 27.1 Å². The van der Waals surface area contributed by atoms with E-state index in [0.717, 1.165) is 43.4 Å². The van der Waals surface area contributed by atoms with Gasteiger partial charge in [-0.05, 0) is 7.05 Å². The molecular formula is C12H20N4O. The number of rotatable bonds is 3. The van der Waals surface area contributed by atoms with E-state index in [-0.39, 0.29) is 0 Å². The van der Waals surface area contributed by atoms with Gasteiger partial charge in [0.1, 0.15) is 11.6 Å². The first-order chi connectivity index (χ1) is 8.24. The van der Waals surface area contributed by atoms with Gasteiger partial charge in [-0.2, -0.15) is 0 Å². The molecule has 17 heavy (non-hydrogen) atoms. The Balaban J connectivity index is 2.16. The van der Waals surface area contributed by atoms with Gasteiger partial charge in [-0.1, -0.05) is 0 Å². The molecule has 5 nitrogen and oxygen atoms in total. The SMILES string of the molecule is CNc1cnc(N2CCN(C)CC2)cc1OC. The van der Waals surface area contributed by atoms with Gasteiger partial charge in [-0.3, -0.25) is 0 Å². The second-order valence-corrected chi connectivity index (χ2v) is 4.28. The van der Waals surface area contributed by atoms with E-state index >= 15 is 0 Å². The molecule has 94 valence electrons. The number of likely N-dealkylation sites (N-methyl/N-ethyl adjacent to an activating group) is 1. The second kappa shape index (κ2) is 5.23. The van der Waals surface area contributed by atoms with Gasteiger partial charge >= 0.3 is 0 Å². The molecule has 0 aliphatic carbocycles. The maximum Gasteiger partial charge on any atom is 0.147 e. The van der Waals surface area contributed by atoms with Crippen molar-refractivity contribution in [3.63, 3.8) is 0 Å². The predicted octanol–water partition coefficient (Wildman–Crippen LogP) is 0.884. The van der Waals surface area contributed by atoms with Crippen LogP contribution < -0.4 is 15.0 Å². The van der Waals surface area contributed by atoms with Crippen molar-refractivity contribution in [2.45, 2.75) is 0 Å². The van der Waals surface area contributed by atoms with Gasteiger partial charge in [-0.25, -0.2) is 4.98 Å². The van der Waals surface area contributed by atoms with Crippen LogP contribution in [0.4, 0.5) is 11.5 Å². The zero-order valence-corrected chi connectivity index (χ0v) is 10.7. The first-order valence-electron chi connectivity index (χ1n) is 5.90. The molecule has 0 unspecified atom stereocenters. The van der Waals surface area contributed by atoms with Gasteiger partial charge in [-0.15, -0.1) is 0 Å². The highest BCUT2D eigenvalue weighted by Crippen LogP contribution is 2.27. The molecule has 0 spiro atoms. The Kier molecular flexibility index (Phi) is 3.68. The van der Waals surface area contributed by atoms with E-state index in [1.165, 1.54) is 0 Å². The van der Waals surface area contributed by atoms with Crippen molar-refractivity contribution < 1.29 is 4.74 Å². The van der Waals surface area contributed by atoms with Crippen molar-refractivity contribution in [3.05, 3.63) is 12.3 Å². The Morgan fingerprint density at radius 3 is 2.59 bits per heavy atom. The summed E-state index contributed by atoms with van der Waals surface area (Å²) in [6.45, 7) is 4.20. The number of aromatic nitrogens is 1. The molecule has 1 saturated heterocycles. The number of hydrogen-bond donors (Lipinski definition) is 1. The molecule has 2 heterocycles. The fraction of sp³-hybridized carbons (Fsp3) is 0.583. The highest BCUT2D eigenvalue weighted by molar-refractivity contribution is 5.60. The van der Waals surface area contributed by atoms with Crippen LogP contribution in [-0.2, 0) is 0 Å². The first-order valence-corrected chi connectivity index (χ1v) is 5.90. The molecular weight excluding hydrogens is 216 g/mol. The normalized spacial score (nSPS) is 17.0. The minimum Gasteiger partial charge on any atom is -0.494 e. The van der Waals surface area contributed by atoms with Crippen molar-refractivity contribution in [2.24, 2.45) is 0 Å². The zero-order valence-electron chi connectivity index (χ0n) is 10.7. The lowest BCUT2D eigenvalue weighted by Gasteiger charge is -2.33. The van der Waals surface area contributed by atoms with Crippen LogP contribution in [0.5, 0.6) is 5.75 Å². The van der Waals surface area contributed by atoms with Gasteiger partial charge in [0.05, 0.1) is 19.0 Å². The molecule has 1 fully saturated rings. The Labute approximate surface area is 102 Å². The summed E-state index contributed by atoms with van der Waals surface area (Å²) in [7, 11) is 5.70. The Hall–Kier alpha value is -1.49. The summed E-state index contributed by atoms with van der Waals surface area (Å²) in [6, 6.07) is 2.00. The lowest BCUT2D eigenvalue weighted by Crippen LogP contribution is -2.44. The fourth-order valence-corrected chi connectivity index (χ4v) is 1.99. The van der Waals surface area contributed by atoms with Crippen molar-refractivity contribution in [1.29, 1.82) is 0 Å². The van der Waals surface area contributed by atoms with E-state index < -0.39 is 0 Å². The average Bonchev–Trinajstić information content (AvgIpc) is 2.39. The zero-order chi connectivity index (χ0) is 12.3. The molecule has 0 saturated carbocycles. The number of anilines is 2. The number of ether oxygens (including phenoxy) is 1. The number of nitrogens with zero attached hydrogens (tertiary/aromatic N) is 3. The Morgan fingerprint density at radius 2 is 2.00 bits per heavy atom. The smallest absolute Gasteiger partial charge is 0.147 e. The molecule has 2 rings (SSSR count). The summed E-state index contributed by atoms with van der Waals surface area (Å²) in [4.78, 5) is 9.09. The number of piperazine rings is 1. The summed E-state index contributed by atoms with van der Waals surface area (Å²) in [5, 5.41) is 3.07. The summed E-state index contributed by atoms with van der Waals surface area (Å²) in [5.41, 5.74) is 0.922. The molecule has 1 N–H and O–H groups in total. The third-order valence-corrected chi connectivity index (χ3v) is 3.17. The first kappa shape index (κ1) is 12.0. The van der Waals surface area contributed by atoms with E-state index in [0.29, 0.717) is 0 Å². The number of pyridine rings is 1. The second-order valence-electron chi connectivity index (χ2n) is 4.28. The van der Waals surface area contributed by atoms with Gasteiger partial charge in [0.15, 0.2) is 0 Å². The Morgan fingerprint density at radius 1 is 1.29 bits per heavy atom. The molecule has 0 radical (unpaired) electrons. The summed E-state index contributed by atoms with van der Waals surface area (Å²) < 4.78 is 5.35. The number of hydrogen-bond acceptors (Lipinski definition) is 5. The summed E-state index contributed by atoms with van der Waals surface area (Å²) in [5.74, 6) is 1.84. The van der Waals surface area contributed by atoms with Gasteiger partial charge in [0.25, 0.3) is 0 Å². The molecule has 0 aromatic carbocycles. The van der Waals surface area contributed by atoms with E-state index in [1.54, 1.807) is 7.11 Å². The maximum atomic E-state index is 5.35. The van der Waals surface area contributed by atoms with Gasteiger partial charge < -0.3 is 19.9 Å². The lowest BCUT2D eigenvalue weighted by molar-refractivity contribution is 0.312. The lowest BCUT2D eigenvalue weighted by atomic mass is 10.3. The summed E-state index contributed by atoms with van der Waals surface area (Å²) >= 11 is 0. The molecule has 1 aromatic heterocycles. The highest BCUT2D eigenvalue weighted by Gasteiger charge is 2.16. The van der Waals surface area contributed by atoms with Crippen LogP contribution in [0.25, 0.3) is 0 Å². The predicted molar refractivity (Wildman–Crippen MR) is 70.0 cm³/mol. The molecule has 0 bridgehead atoms. The van der Waals surface area contributed by atoms with E-state index in [9.17, 15) is 0 Å². The highest BCUT2D eigenvalue weighted by atomic mass is 16.5. The number of nitrogens with one attached hydrogen (secondary N) is 1. The molecule has 5 heteroatoms. The van der Waals surface area contributed by atoms with Gasteiger partial charge in [0.2, 0.25) is 0 Å².